The Morgan fingerprint density at radius 3 is 2.67 bits per heavy atom. The molecule has 124 valence electrons. The molecule has 4 nitrogen and oxygen atoms in total. The Hall–Kier alpha value is -2.10. The Labute approximate surface area is 142 Å². The normalized spacial score (nSPS) is 32.6. The topological polar surface area (TPSA) is 46.9 Å². The average molecular weight is 321 g/mol. The molecule has 2 bridgehead atoms. The number of carbonyl (C=O) groups excluding carboxylic acids is 1. The predicted octanol–water partition coefficient (Wildman–Crippen LogP) is 2.63. The largest absolute Gasteiger partial charge is 0.352 e. The number of hydrogen-bond donors (Lipinski definition) is 1. The van der Waals surface area contributed by atoms with Crippen LogP contribution in [0.15, 0.2) is 42.9 Å². The van der Waals surface area contributed by atoms with Gasteiger partial charge in [0, 0.05) is 24.5 Å². The molecule has 2 aromatic rings. The van der Waals surface area contributed by atoms with E-state index in [2.05, 4.69) is 27.0 Å². The number of rotatable bonds is 5. The third-order valence-electron chi connectivity index (χ3n) is 6.40. The molecule has 4 atom stereocenters. The van der Waals surface area contributed by atoms with Gasteiger partial charge in [0.1, 0.15) is 0 Å². The van der Waals surface area contributed by atoms with Crippen LogP contribution in [0.5, 0.6) is 0 Å². The molecule has 5 rings (SSSR count). The van der Waals surface area contributed by atoms with Crippen LogP contribution in [-0.4, -0.2) is 21.5 Å². The first-order valence-electron chi connectivity index (χ1n) is 9.12. The van der Waals surface area contributed by atoms with Crippen molar-refractivity contribution < 1.29 is 4.79 Å². The summed E-state index contributed by atoms with van der Waals surface area (Å²) in [6.45, 7) is 0.766. The van der Waals surface area contributed by atoms with Crippen LogP contribution in [-0.2, 0) is 17.8 Å². The summed E-state index contributed by atoms with van der Waals surface area (Å²) in [6.07, 6.45) is 8.27. The zero-order valence-corrected chi connectivity index (χ0v) is 13.8. The van der Waals surface area contributed by atoms with Crippen LogP contribution in [0, 0.1) is 23.7 Å². The van der Waals surface area contributed by atoms with Gasteiger partial charge in [0.25, 0.3) is 0 Å². The first-order chi connectivity index (χ1) is 11.8. The molecule has 1 N–H and O–H groups in total. The van der Waals surface area contributed by atoms with E-state index in [1.807, 2.05) is 30.7 Å². The highest BCUT2D eigenvalue weighted by Crippen LogP contribution is 2.65. The second kappa shape index (κ2) is 5.47. The van der Waals surface area contributed by atoms with Gasteiger partial charge in [-0.3, -0.25) is 4.79 Å². The van der Waals surface area contributed by atoms with E-state index in [9.17, 15) is 4.79 Å². The van der Waals surface area contributed by atoms with Gasteiger partial charge >= 0.3 is 0 Å². The number of imidazole rings is 1. The lowest BCUT2D eigenvalue weighted by Crippen LogP contribution is -2.31. The average Bonchev–Trinajstić information content (AvgIpc) is 2.98. The fraction of sp³-hybridized carbons (Fsp3) is 0.500. The van der Waals surface area contributed by atoms with Crippen molar-refractivity contribution in [2.24, 2.45) is 23.7 Å². The molecule has 1 amide bonds. The van der Waals surface area contributed by atoms with E-state index >= 15 is 0 Å². The summed E-state index contributed by atoms with van der Waals surface area (Å²) in [4.78, 5) is 16.7. The summed E-state index contributed by atoms with van der Waals surface area (Å²) in [5.41, 5.74) is 2.22. The number of carbonyl (C=O) groups is 1. The van der Waals surface area contributed by atoms with E-state index in [4.69, 9.17) is 0 Å². The van der Waals surface area contributed by atoms with Crippen molar-refractivity contribution >= 4 is 5.91 Å². The van der Waals surface area contributed by atoms with Crippen molar-refractivity contribution in [1.82, 2.24) is 14.9 Å². The molecule has 3 aliphatic carbocycles. The summed E-state index contributed by atoms with van der Waals surface area (Å²) >= 11 is 0. The van der Waals surface area contributed by atoms with E-state index < -0.39 is 0 Å². The van der Waals surface area contributed by atoms with Crippen LogP contribution in [0.4, 0.5) is 0 Å². The molecule has 4 heteroatoms. The summed E-state index contributed by atoms with van der Waals surface area (Å²) in [5.74, 6) is 3.54. The number of hydrogen-bond acceptors (Lipinski definition) is 2. The number of nitrogens with zero attached hydrogens (tertiary/aromatic N) is 2. The van der Waals surface area contributed by atoms with Gasteiger partial charge in [-0.15, -0.1) is 0 Å². The molecule has 3 fully saturated rings. The number of fused-ring (bicyclic) bond motifs is 5. The van der Waals surface area contributed by atoms with Gasteiger partial charge in [-0.2, -0.15) is 0 Å². The fourth-order valence-corrected chi connectivity index (χ4v) is 5.34. The van der Waals surface area contributed by atoms with Crippen LogP contribution in [0.3, 0.4) is 0 Å². The van der Waals surface area contributed by atoms with E-state index in [0.29, 0.717) is 12.5 Å². The van der Waals surface area contributed by atoms with Crippen LogP contribution in [0.1, 0.15) is 30.5 Å². The minimum atomic E-state index is 0.156. The van der Waals surface area contributed by atoms with Crippen LogP contribution in [0.25, 0.3) is 0 Å². The Kier molecular flexibility index (Phi) is 3.25. The highest BCUT2D eigenvalue weighted by Gasteiger charge is 2.65. The van der Waals surface area contributed by atoms with Crippen molar-refractivity contribution in [3.8, 4) is 0 Å². The fourth-order valence-electron chi connectivity index (χ4n) is 5.34. The van der Waals surface area contributed by atoms with Crippen molar-refractivity contribution in [2.45, 2.75) is 38.3 Å². The molecular formula is C20H23N3O. The summed E-state index contributed by atoms with van der Waals surface area (Å²) in [5, 5.41) is 3.31. The third-order valence-corrected chi connectivity index (χ3v) is 6.40. The summed E-state index contributed by atoms with van der Waals surface area (Å²) in [7, 11) is 0. The third kappa shape index (κ3) is 2.36. The Bertz CT molecular complexity index is 737. The van der Waals surface area contributed by atoms with Gasteiger partial charge in [0.2, 0.25) is 5.91 Å². The van der Waals surface area contributed by atoms with Gasteiger partial charge in [0.15, 0.2) is 0 Å². The lowest BCUT2D eigenvalue weighted by atomic mass is 10.0. The molecule has 3 aliphatic rings. The second-order valence-electron chi connectivity index (χ2n) is 7.76. The second-order valence-corrected chi connectivity index (χ2v) is 7.76. The number of nitrogens with one attached hydrogen (secondary N) is 1. The van der Waals surface area contributed by atoms with Crippen molar-refractivity contribution in [3.63, 3.8) is 0 Å². The molecule has 0 radical (unpaired) electrons. The van der Waals surface area contributed by atoms with Crippen LogP contribution >= 0.6 is 0 Å². The number of amides is 1. The van der Waals surface area contributed by atoms with Crippen molar-refractivity contribution in [1.29, 1.82) is 0 Å². The maximum Gasteiger partial charge on any atom is 0.226 e. The maximum atomic E-state index is 12.5. The molecule has 0 aliphatic heterocycles. The molecule has 3 saturated carbocycles. The van der Waals surface area contributed by atoms with Crippen LogP contribution < -0.4 is 5.32 Å². The molecule has 1 aromatic heterocycles. The molecule has 1 aromatic carbocycles. The van der Waals surface area contributed by atoms with E-state index in [1.165, 1.54) is 24.8 Å². The molecule has 1 heterocycles. The van der Waals surface area contributed by atoms with Gasteiger partial charge in [-0.1, -0.05) is 30.3 Å². The van der Waals surface area contributed by atoms with Crippen molar-refractivity contribution in [2.75, 3.05) is 0 Å². The summed E-state index contributed by atoms with van der Waals surface area (Å²) in [6, 6.07) is 10.8. The highest BCUT2D eigenvalue weighted by atomic mass is 16.1. The lowest BCUT2D eigenvalue weighted by Gasteiger charge is -2.12. The molecule has 0 saturated heterocycles. The monoisotopic (exact) mass is 321 g/mol. The zero-order chi connectivity index (χ0) is 16.1. The molecule has 0 spiro atoms. The van der Waals surface area contributed by atoms with E-state index in [-0.39, 0.29) is 5.91 Å². The van der Waals surface area contributed by atoms with Gasteiger partial charge in [0.05, 0.1) is 12.7 Å². The molecular weight excluding hydrogens is 298 g/mol. The van der Waals surface area contributed by atoms with Gasteiger partial charge in [-0.25, -0.2) is 4.98 Å². The van der Waals surface area contributed by atoms with E-state index in [1.54, 1.807) is 0 Å². The zero-order valence-electron chi connectivity index (χ0n) is 13.8. The summed E-state index contributed by atoms with van der Waals surface area (Å²) < 4.78 is 2.08. The molecule has 24 heavy (non-hydrogen) atoms. The first-order valence-corrected chi connectivity index (χ1v) is 9.12. The van der Waals surface area contributed by atoms with E-state index in [0.717, 1.165) is 35.9 Å². The predicted molar refractivity (Wildman–Crippen MR) is 91.2 cm³/mol. The van der Waals surface area contributed by atoms with Crippen LogP contribution in [0.2, 0.25) is 0 Å². The minimum Gasteiger partial charge on any atom is -0.352 e. The van der Waals surface area contributed by atoms with Gasteiger partial charge in [-0.05, 0) is 48.5 Å². The Balaban J connectivity index is 1.21. The maximum absolute atomic E-state index is 12.5. The smallest absolute Gasteiger partial charge is 0.226 e. The number of benzene rings is 1. The standard InChI is InChI=1S/C20H23N3O/c24-17(22-20-18-14-6-7-15(8-14)19(18)20)9-16-10-21-12-23(16)11-13-4-2-1-3-5-13/h1-5,10,12,14-15,18-20H,6-9,11H2,(H,22,24)/t14-,15-,18+,19+/m0/s1. The van der Waals surface area contributed by atoms with Gasteiger partial charge < -0.3 is 9.88 Å². The van der Waals surface area contributed by atoms with Crippen molar-refractivity contribution in [3.05, 3.63) is 54.1 Å². The Morgan fingerprint density at radius 1 is 1.17 bits per heavy atom. The first kappa shape index (κ1) is 14.3. The lowest BCUT2D eigenvalue weighted by molar-refractivity contribution is -0.120. The number of aromatic nitrogens is 2. The minimum absolute atomic E-state index is 0.156. The molecule has 0 unspecified atom stereocenters. The SMILES string of the molecule is O=C(Cc1cncn1Cc1ccccc1)NC1[C@@H]2[C@H]3CC[C@@H](C3)[C@@H]12. The Morgan fingerprint density at radius 2 is 1.92 bits per heavy atom. The highest BCUT2D eigenvalue weighted by molar-refractivity contribution is 5.79. The quantitative estimate of drug-likeness (QED) is 0.920.